The van der Waals surface area contributed by atoms with Crippen molar-refractivity contribution in [3.63, 3.8) is 0 Å². The SMILES string of the molecule is CCOc1ccccc1C(CN)N(C)C1CCN(C)CC1. The third-order valence-corrected chi connectivity index (χ3v) is 4.56. The number of benzene rings is 1. The average Bonchev–Trinajstić information content (AvgIpc) is 2.50. The van der Waals surface area contributed by atoms with Gasteiger partial charge in [-0.25, -0.2) is 0 Å². The van der Waals surface area contributed by atoms with Crippen LogP contribution in [0.1, 0.15) is 31.4 Å². The number of ether oxygens (including phenoxy) is 1. The van der Waals surface area contributed by atoms with E-state index in [0.717, 1.165) is 5.75 Å². The molecule has 1 aromatic carbocycles. The van der Waals surface area contributed by atoms with Gasteiger partial charge in [-0.15, -0.1) is 0 Å². The summed E-state index contributed by atoms with van der Waals surface area (Å²) in [6, 6.07) is 9.11. The van der Waals surface area contributed by atoms with Crippen molar-refractivity contribution >= 4 is 0 Å². The standard InChI is InChI=1S/C17H29N3O/c1-4-21-17-8-6-5-7-15(17)16(13-18)20(3)14-9-11-19(2)12-10-14/h5-8,14,16H,4,9-13,18H2,1-3H3. The van der Waals surface area contributed by atoms with Gasteiger partial charge in [-0.2, -0.15) is 0 Å². The molecular formula is C17H29N3O. The highest BCUT2D eigenvalue weighted by Crippen LogP contribution is 2.31. The minimum atomic E-state index is 0.223. The molecule has 4 nitrogen and oxygen atoms in total. The highest BCUT2D eigenvalue weighted by atomic mass is 16.5. The highest BCUT2D eigenvalue weighted by molar-refractivity contribution is 5.36. The van der Waals surface area contributed by atoms with Crippen molar-refractivity contribution in [2.45, 2.75) is 31.8 Å². The van der Waals surface area contributed by atoms with Crippen LogP contribution in [0.15, 0.2) is 24.3 Å². The lowest BCUT2D eigenvalue weighted by molar-refractivity contribution is 0.108. The number of nitrogens with zero attached hydrogens (tertiary/aromatic N) is 2. The largest absolute Gasteiger partial charge is 0.494 e. The Hall–Kier alpha value is -1.10. The third-order valence-electron chi connectivity index (χ3n) is 4.56. The molecule has 1 aromatic rings. The lowest BCUT2D eigenvalue weighted by atomic mass is 9.98. The van der Waals surface area contributed by atoms with E-state index in [2.05, 4.69) is 36.0 Å². The second-order valence-corrected chi connectivity index (χ2v) is 5.92. The molecule has 1 saturated heterocycles. The van der Waals surface area contributed by atoms with Crippen molar-refractivity contribution in [1.29, 1.82) is 0 Å². The van der Waals surface area contributed by atoms with Gasteiger partial charge in [0.2, 0.25) is 0 Å². The maximum absolute atomic E-state index is 6.10. The third kappa shape index (κ3) is 3.96. The summed E-state index contributed by atoms with van der Waals surface area (Å²) in [7, 11) is 4.40. The lowest BCUT2D eigenvalue weighted by Gasteiger charge is -2.39. The van der Waals surface area contributed by atoms with E-state index in [0.29, 0.717) is 19.2 Å². The smallest absolute Gasteiger partial charge is 0.124 e. The Morgan fingerprint density at radius 2 is 2.00 bits per heavy atom. The summed E-state index contributed by atoms with van der Waals surface area (Å²) in [6.45, 7) is 5.66. The molecule has 1 atom stereocenters. The van der Waals surface area contributed by atoms with Gasteiger partial charge in [-0.05, 0) is 53.0 Å². The van der Waals surface area contributed by atoms with Gasteiger partial charge in [0, 0.05) is 18.2 Å². The van der Waals surface area contributed by atoms with E-state index in [9.17, 15) is 0 Å². The molecule has 1 fully saturated rings. The second kappa shape index (κ2) is 7.78. The Morgan fingerprint density at radius 3 is 2.62 bits per heavy atom. The zero-order valence-electron chi connectivity index (χ0n) is 13.6. The number of nitrogens with two attached hydrogens (primary N) is 1. The van der Waals surface area contributed by atoms with Crippen LogP contribution in [0.25, 0.3) is 0 Å². The van der Waals surface area contributed by atoms with Gasteiger partial charge >= 0.3 is 0 Å². The van der Waals surface area contributed by atoms with Crippen LogP contribution < -0.4 is 10.5 Å². The summed E-state index contributed by atoms with van der Waals surface area (Å²) >= 11 is 0. The summed E-state index contributed by atoms with van der Waals surface area (Å²) in [5.74, 6) is 0.968. The van der Waals surface area contributed by atoms with Crippen molar-refractivity contribution in [2.24, 2.45) is 5.73 Å². The number of likely N-dealkylation sites (tertiary alicyclic amines) is 1. The van der Waals surface area contributed by atoms with Crippen molar-refractivity contribution < 1.29 is 4.74 Å². The summed E-state index contributed by atoms with van der Waals surface area (Å²) in [6.07, 6.45) is 2.42. The van der Waals surface area contributed by atoms with E-state index in [1.807, 2.05) is 19.1 Å². The van der Waals surface area contributed by atoms with Gasteiger partial charge in [0.05, 0.1) is 12.6 Å². The van der Waals surface area contributed by atoms with Gasteiger partial charge in [-0.3, -0.25) is 4.90 Å². The first-order valence-electron chi connectivity index (χ1n) is 7.99. The Bertz CT molecular complexity index is 430. The molecule has 0 bridgehead atoms. The molecule has 0 radical (unpaired) electrons. The molecular weight excluding hydrogens is 262 g/mol. The predicted molar refractivity (Wildman–Crippen MR) is 87.7 cm³/mol. The van der Waals surface area contributed by atoms with Gasteiger partial charge in [0.25, 0.3) is 0 Å². The van der Waals surface area contributed by atoms with E-state index in [4.69, 9.17) is 10.5 Å². The van der Waals surface area contributed by atoms with E-state index >= 15 is 0 Å². The van der Waals surface area contributed by atoms with Crippen molar-refractivity contribution in [3.8, 4) is 5.75 Å². The van der Waals surface area contributed by atoms with E-state index in [-0.39, 0.29) is 6.04 Å². The van der Waals surface area contributed by atoms with Crippen LogP contribution in [-0.4, -0.2) is 56.2 Å². The number of hydrogen-bond donors (Lipinski definition) is 1. The van der Waals surface area contributed by atoms with Gasteiger partial charge in [-0.1, -0.05) is 18.2 Å². The van der Waals surface area contributed by atoms with Crippen LogP contribution in [0.4, 0.5) is 0 Å². The van der Waals surface area contributed by atoms with E-state index in [1.165, 1.54) is 31.5 Å². The van der Waals surface area contributed by atoms with Crippen molar-refractivity contribution in [1.82, 2.24) is 9.80 Å². The maximum atomic E-state index is 6.10. The molecule has 2 rings (SSSR count). The molecule has 0 spiro atoms. The van der Waals surface area contributed by atoms with Crippen LogP contribution in [0.2, 0.25) is 0 Å². The molecule has 0 aromatic heterocycles. The zero-order valence-corrected chi connectivity index (χ0v) is 13.6. The second-order valence-electron chi connectivity index (χ2n) is 5.92. The monoisotopic (exact) mass is 291 g/mol. The fourth-order valence-electron chi connectivity index (χ4n) is 3.21. The topological polar surface area (TPSA) is 41.7 Å². The van der Waals surface area contributed by atoms with E-state index in [1.54, 1.807) is 0 Å². The number of para-hydroxylation sites is 1. The Labute approximate surface area is 128 Å². The van der Waals surface area contributed by atoms with Gasteiger partial charge in [0.15, 0.2) is 0 Å². The maximum Gasteiger partial charge on any atom is 0.124 e. The predicted octanol–water partition coefficient (Wildman–Crippen LogP) is 2.11. The fraction of sp³-hybridized carbons (Fsp3) is 0.647. The molecule has 0 aliphatic carbocycles. The summed E-state index contributed by atoms with van der Waals surface area (Å²) in [5, 5.41) is 0. The first kappa shape index (κ1) is 16.3. The molecule has 0 saturated carbocycles. The fourth-order valence-corrected chi connectivity index (χ4v) is 3.21. The Kier molecular flexibility index (Phi) is 6.03. The molecule has 21 heavy (non-hydrogen) atoms. The first-order chi connectivity index (χ1) is 10.2. The minimum Gasteiger partial charge on any atom is -0.494 e. The van der Waals surface area contributed by atoms with Gasteiger partial charge < -0.3 is 15.4 Å². The van der Waals surface area contributed by atoms with Crippen LogP contribution in [-0.2, 0) is 0 Å². The number of likely N-dealkylation sites (N-methyl/N-ethyl adjacent to an activating group) is 1. The van der Waals surface area contributed by atoms with Crippen LogP contribution >= 0.6 is 0 Å². The molecule has 118 valence electrons. The normalized spacial score (nSPS) is 18.9. The molecule has 0 amide bonds. The quantitative estimate of drug-likeness (QED) is 0.871. The van der Waals surface area contributed by atoms with Crippen LogP contribution in [0.3, 0.4) is 0 Å². The molecule has 4 heteroatoms. The molecule has 1 unspecified atom stereocenters. The summed E-state index contributed by atoms with van der Waals surface area (Å²) in [4.78, 5) is 4.85. The Balaban J connectivity index is 2.15. The highest BCUT2D eigenvalue weighted by Gasteiger charge is 2.27. The first-order valence-corrected chi connectivity index (χ1v) is 7.99. The molecule has 1 heterocycles. The van der Waals surface area contributed by atoms with Gasteiger partial charge in [0.1, 0.15) is 5.75 Å². The average molecular weight is 291 g/mol. The number of rotatable bonds is 6. The van der Waals surface area contributed by atoms with Crippen LogP contribution in [0.5, 0.6) is 5.75 Å². The summed E-state index contributed by atoms with van der Waals surface area (Å²) < 4.78 is 5.78. The van der Waals surface area contributed by atoms with E-state index < -0.39 is 0 Å². The van der Waals surface area contributed by atoms with Crippen molar-refractivity contribution in [2.75, 3.05) is 40.3 Å². The van der Waals surface area contributed by atoms with Crippen molar-refractivity contribution in [3.05, 3.63) is 29.8 Å². The lowest BCUT2D eigenvalue weighted by Crippen LogP contribution is -2.45. The number of piperidine rings is 1. The number of hydrogen-bond acceptors (Lipinski definition) is 4. The molecule has 1 aliphatic rings. The molecule has 2 N–H and O–H groups in total. The molecule has 1 aliphatic heterocycles. The Morgan fingerprint density at radius 1 is 1.33 bits per heavy atom. The van der Waals surface area contributed by atoms with Crippen LogP contribution in [0, 0.1) is 0 Å². The summed E-state index contributed by atoms with van der Waals surface area (Å²) in [5.41, 5.74) is 7.31. The minimum absolute atomic E-state index is 0.223. The zero-order chi connectivity index (χ0) is 15.2.